The second kappa shape index (κ2) is 8.73. The number of para-hydroxylation sites is 1. The fourth-order valence-electron chi connectivity index (χ4n) is 2.22. The van der Waals surface area contributed by atoms with Crippen molar-refractivity contribution >= 4 is 11.9 Å². The molecule has 0 fully saturated rings. The lowest BCUT2D eigenvalue weighted by Crippen LogP contribution is -2.35. The van der Waals surface area contributed by atoms with Gasteiger partial charge in [-0.3, -0.25) is 4.79 Å². The van der Waals surface area contributed by atoms with E-state index in [1.165, 1.54) is 14.2 Å². The zero-order valence-corrected chi connectivity index (χ0v) is 14.4. The molecule has 0 bridgehead atoms. The van der Waals surface area contributed by atoms with E-state index in [2.05, 4.69) is 5.32 Å². The zero-order valence-electron chi connectivity index (χ0n) is 14.4. The van der Waals surface area contributed by atoms with Crippen molar-refractivity contribution in [3.8, 4) is 11.5 Å². The Hall–Kier alpha value is -3.02. The summed E-state index contributed by atoms with van der Waals surface area (Å²) in [7, 11) is 2.78. The third-order valence-electron chi connectivity index (χ3n) is 3.56. The first kappa shape index (κ1) is 18.3. The van der Waals surface area contributed by atoms with E-state index in [9.17, 15) is 9.59 Å². The van der Waals surface area contributed by atoms with Gasteiger partial charge in [0.25, 0.3) is 5.91 Å². The Kier molecular flexibility index (Phi) is 6.39. The molecular formula is C19H21NO5. The number of rotatable bonds is 7. The number of benzene rings is 2. The standard InChI is InChI=1S/C19H21NO5/c1-13(25-15-7-5-4-6-8-15)18(21)20-12-14-9-10-17(23-2)16(11-14)19(22)24-3/h4-11,13H,12H2,1-3H3,(H,20,21)/t13-/m0/s1. The lowest BCUT2D eigenvalue weighted by Gasteiger charge is -2.15. The SMILES string of the molecule is COC(=O)c1cc(CNC(=O)[C@H](C)Oc2ccccc2)ccc1OC. The predicted octanol–water partition coefficient (Wildman–Crippen LogP) is 2.57. The van der Waals surface area contributed by atoms with Gasteiger partial charge in [0.1, 0.15) is 17.1 Å². The maximum absolute atomic E-state index is 12.2. The van der Waals surface area contributed by atoms with E-state index in [-0.39, 0.29) is 12.5 Å². The minimum absolute atomic E-state index is 0.251. The van der Waals surface area contributed by atoms with Gasteiger partial charge in [0.05, 0.1) is 14.2 Å². The van der Waals surface area contributed by atoms with Crippen LogP contribution in [0.5, 0.6) is 11.5 Å². The molecule has 0 heterocycles. The van der Waals surface area contributed by atoms with Crippen LogP contribution < -0.4 is 14.8 Å². The van der Waals surface area contributed by atoms with Gasteiger partial charge in [0.15, 0.2) is 6.10 Å². The van der Waals surface area contributed by atoms with Crippen molar-refractivity contribution in [2.45, 2.75) is 19.6 Å². The maximum Gasteiger partial charge on any atom is 0.341 e. The lowest BCUT2D eigenvalue weighted by atomic mass is 10.1. The fourth-order valence-corrected chi connectivity index (χ4v) is 2.22. The molecule has 0 unspecified atom stereocenters. The molecule has 2 aromatic carbocycles. The van der Waals surface area contributed by atoms with Gasteiger partial charge < -0.3 is 19.5 Å². The van der Waals surface area contributed by atoms with Gasteiger partial charge in [-0.1, -0.05) is 24.3 Å². The monoisotopic (exact) mass is 343 g/mol. The number of hydrogen-bond donors (Lipinski definition) is 1. The summed E-state index contributed by atoms with van der Waals surface area (Å²) in [6, 6.07) is 14.2. The smallest absolute Gasteiger partial charge is 0.341 e. The molecule has 132 valence electrons. The van der Waals surface area contributed by atoms with Crippen molar-refractivity contribution in [3.63, 3.8) is 0 Å². The number of carbonyl (C=O) groups is 2. The van der Waals surface area contributed by atoms with E-state index in [4.69, 9.17) is 14.2 Å². The Morgan fingerprint density at radius 1 is 1.08 bits per heavy atom. The first-order valence-corrected chi connectivity index (χ1v) is 7.79. The number of hydrogen-bond acceptors (Lipinski definition) is 5. The van der Waals surface area contributed by atoms with Crippen LogP contribution in [-0.4, -0.2) is 32.2 Å². The molecule has 0 saturated carbocycles. The lowest BCUT2D eigenvalue weighted by molar-refractivity contribution is -0.127. The maximum atomic E-state index is 12.2. The van der Waals surface area contributed by atoms with E-state index in [1.54, 1.807) is 37.3 Å². The highest BCUT2D eigenvalue weighted by molar-refractivity contribution is 5.92. The molecule has 6 nitrogen and oxygen atoms in total. The van der Waals surface area contributed by atoms with Crippen LogP contribution in [0.1, 0.15) is 22.8 Å². The molecule has 0 aromatic heterocycles. The summed E-state index contributed by atoms with van der Waals surface area (Å²) in [5.74, 6) is 0.301. The Balaban J connectivity index is 1.98. The van der Waals surface area contributed by atoms with E-state index >= 15 is 0 Å². The highest BCUT2D eigenvalue weighted by Crippen LogP contribution is 2.20. The van der Waals surface area contributed by atoms with Crippen LogP contribution in [0.15, 0.2) is 48.5 Å². The van der Waals surface area contributed by atoms with Crippen molar-refractivity contribution in [2.75, 3.05) is 14.2 Å². The highest BCUT2D eigenvalue weighted by atomic mass is 16.5. The second-order valence-corrected chi connectivity index (χ2v) is 5.32. The molecule has 0 aliphatic rings. The minimum Gasteiger partial charge on any atom is -0.496 e. The molecule has 2 rings (SSSR count). The average molecular weight is 343 g/mol. The van der Waals surface area contributed by atoms with Gasteiger partial charge in [-0.25, -0.2) is 4.79 Å². The number of methoxy groups -OCH3 is 2. The second-order valence-electron chi connectivity index (χ2n) is 5.32. The molecule has 1 amide bonds. The summed E-state index contributed by atoms with van der Waals surface area (Å²) in [4.78, 5) is 24.0. The van der Waals surface area contributed by atoms with E-state index in [0.717, 1.165) is 5.56 Å². The molecule has 1 atom stereocenters. The van der Waals surface area contributed by atoms with Gasteiger partial charge in [-0.05, 0) is 36.8 Å². The molecule has 0 spiro atoms. The Morgan fingerprint density at radius 2 is 1.80 bits per heavy atom. The highest BCUT2D eigenvalue weighted by Gasteiger charge is 2.16. The van der Waals surface area contributed by atoms with Crippen LogP contribution in [0, 0.1) is 0 Å². The normalized spacial score (nSPS) is 11.3. The summed E-state index contributed by atoms with van der Waals surface area (Å²) >= 11 is 0. The number of esters is 1. The number of ether oxygens (including phenoxy) is 3. The van der Waals surface area contributed by atoms with Crippen LogP contribution in [0.3, 0.4) is 0 Å². The largest absolute Gasteiger partial charge is 0.496 e. The summed E-state index contributed by atoms with van der Waals surface area (Å²) in [6.07, 6.45) is -0.638. The number of amides is 1. The van der Waals surface area contributed by atoms with Crippen molar-refractivity contribution < 1.29 is 23.8 Å². The van der Waals surface area contributed by atoms with Crippen LogP contribution in [0.2, 0.25) is 0 Å². The van der Waals surface area contributed by atoms with Gasteiger partial charge in [-0.2, -0.15) is 0 Å². The molecule has 0 radical (unpaired) electrons. The Morgan fingerprint density at radius 3 is 2.44 bits per heavy atom. The van der Waals surface area contributed by atoms with Crippen LogP contribution >= 0.6 is 0 Å². The van der Waals surface area contributed by atoms with Crippen molar-refractivity contribution in [2.24, 2.45) is 0 Å². The third-order valence-corrected chi connectivity index (χ3v) is 3.56. The van der Waals surface area contributed by atoms with Gasteiger partial charge >= 0.3 is 5.97 Å². The molecular weight excluding hydrogens is 322 g/mol. The molecule has 0 aliphatic heterocycles. The van der Waals surface area contributed by atoms with Crippen LogP contribution in [-0.2, 0) is 16.1 Å². The molecule has 6 heteroatoms. The number of carbonyl (C=O) groups excluding carboxylic acids is 2. The fraction of sp³-hybridized carbons (Fsp3) is 0.263. The number of nitrogens with one attached hydrogen (secondary N) is 1. The predicted molar refractivity (Wildman–Crippen MR) is 92.7 cm³/mol. The molecule has 25 heavy (non-hydrogen) atoms. The summed E-state index contributed by atoms with van der Waals surface area (Å²) in [6.45, 7) is 1.94. The molecule has 0 aliphatic carbocycles. The topological polar surface area (TPSA) is 73.9 Å². The minimum atomic E-state index is -0.638. The molecule has 1 N–H and O–H groups in total. The Labute approximate surface area is 146 Å². The zero-order chi connectivity index (χ0) is 18.2. The van der Waals surface area contributed by atoms with Crippen molar-refractivity contribution in [1.29, 1.82) is 0 Å². The van der Waals surface area contributed by atoms with E-state index in [1.807, 2.05) is 18.2 Å². The van der Waals surface area contributed by atoms with Gasteiger partial charge in [0, 0.05) is 6.54 Å². The van der Waals surface area contributed by atoms with E-state index < -0.39 is 12.1 Å². The molecule has 2 aromatic rings. The third kappa shape index (κ3) is 4.97. The van der Waals surface area contributed by atoms with Crippen LogP contribution in [0.4, 0.5) is 0 Å². The van der Waals surface area contributed by atoms with Crippen LogP contribution in [0.25, 0.3) is 0 Å². The first-order valence-electron chi connectivity index (χ1n) is 7.79. The van der Waals surface area contributed by atoms with Gasteiger partial charge in [0.2, 0.25) is 0 Å². The van der Waals surface area contributed by atoms with E-state index in [0.29, 0.717) is 17.1 Å². The Bertz CT molecular complexity index is 730. The summed E-state index contributed by atoms with van der Waals surface area (Å²) in [5.41, 5.74) is 1.06. The van der Waals surface area contributed by atoms with Gasteiger partial charge in [-0.15, -0.1) is 0 Å². The van der Waals surface area contributed by atoms with Crippen molar-refractivity contribution in [1.82, 2.24) is 5.32 Å². The summed E-state index contributed by atoms with van der Waals surface area (Å²) < 4.78 is 15.5. The first-order chi connectivity index (χ1) is 12.0. The van der Waals surface area contributed by atoms with Crippen molar-refractivity contribution in [3.05, 3.63) is 59.7 Å². The molecule has 0 saturated heterocycles. The average Bonchev–Trinajstić information content (AvgIpc) is 2.65. The summed E-state index contributed by atoms with van der Waals surface area (Å²) in [5, 5.41) is 2.78. The quantitative estimate of drug-likeness (QED) is 0.782.